The quantitative estimate of drug-likeness (QED) is 0.781. The predicted octanol–water partition coefficient (Wildman–Crippen LogP) is 2.98. The zero-order valence-corrected chi connectivity index (χ0v) is 12.5. The number of aromatic nitrogens is 2. The summed E-state index contributed by atoms with van der Waals surface area (Å²) < 4.78 is 27.8. The number of nitrogens with zero attached hydrogens (tertiary/aromatic N) is 1. The normalized spacial score (nSPS) is 11.7. The Balaban J connectivity index is 2.10. The van der Waals surface area contributed by atoms with Crippen molar-refractivity contribution in [1.82, 2.24) is 10.2 Å². The van der Waals surface area contributed by atoms with Crippen molar-refractivity contribution in [2.75, 3.05) is 4.72 Å². The molecule has 0 aliphatic heterocycles. The second-order valence-electron chi connectivity index (χ2n) is 4.90. The number of hydrogen-bond donors (Lipinski definition) is 2. The lowest BCUT2D eigenvalue weighted by molar-refractivity contribution is 0.600. The van der Waals surface area contributed by atoms with Gasteiger partial charge < -0.3 is 0 Å². The fraction of sp³-hybridized carbons (Fsp3) is 0.133. The van der Waals surface area contributed by atoms with E-state index in [1.54, 1.807) is 19.9 Å². The molecule has 1 heterocycles. The van der Waals surface area contributed by atoms with Crippen LogP contribution in [0.4, 0.5) is 5.69 Å². The van der Waals surface area contributed by atoms with Gasteiger partial charge in [0.2, 0.25) is 0 Å². The van der Waals surface area contributed by atoms with E-state index in [4.69, 9.17) is 0 Å². The van der Waals surface area contributed by atoms with Gasteiger partial charge in [0.25, 0.3) is 10.0 Å². The highest BCUT2D eigenvalue weighted by atomic mass is 32.2. The Morgan fingerprint density at radius 2 is 1.76 bits per heavy atom. The third kappa shape index (κ3) is 2.38. The molecule has 6 heteroatoms. The van der Waals surface area contributed by atoms with Crippen molar-refractivity contribution in [2.45, 2.75) is 18.7 Å². The molecule has 21 heavy (non-hydrogen) atoms. The monoisotopic (exact) mass is 301 g/mol. The number of aromatic amines is 1. The molecule has 0 unspecified atom stereocenters. The molecule has 0 aliphatic carbocycles. The van der Waals surface area contributed by atoms with E-state index in [0.717, 1.165) is 10.8 Å². The molecule has 3 rings (SSSR count). The Morgan fingerprint density at radius 1 is 1.05 bits per heavy atom. The van der Waals surface area contributed by atoms with E-state index in [2.05, 4.69) is 14.9 Å². The standard InChI is InChI=1S/C15H15N3O2S/c1-10-15(11(2)17-16-10)21(19,20)18-14-9-5-7-12-6-3-4-8-13(12)14/h3-9,18H,1-2H3,(H,16,17). The minimum atomic E-state index is -3.67. The first-order chi connectivity index (χ1) is 9.99. The average Bonchev–Trinajstić information content (AvgIpc) is 2.79. The topological polar surface area (TPSA) is 74.8 Å². The molecule has 0 bridgehead atoms. The summed E-state index contributed by atoms with van der Waals surface area (Å²) in [5, 5.41) is 8.49. The lowest BCUT2D eigenvalue weighted by Crippen LogP contribution is -2.14. The SMILES string of the molecule is Cc1n[nH]c(C)c1S(=O)(=O)Nc1cccc2ccccc12. The van der Waals surface area contributed by atoms with Crippen LogP contribution in [0.2, 0.25) is 0 Å². The highest BCUT2D eigenvalue weighted by Crippen LogP contribution is 2.27. The van der Waals surface area contributed by atoms with Gasteiger partial charge in [0, 0.05) is 5.39 Å². The highest BCUT2D eigenvalue weighted by Gasteiger charge is 2.22. The molecule has 0 aliphatic rings. The van der Waals surface area contributed by atoms with Crippen molar-refractivity contribution in [3.63, 3.8) is 0 Å². The van der Waals surface area contributed by atoms with Crippen molar-refractivity contribution < 1.29 is 8.42 Å². The van der Waals surface area contributed by atoms with Gasteiger partial charge in [-0.1, -0.05) is 36.4 Å². The molecule has 0 saturated carbocycles. The van der Waals surface area contributed by atoms with Crippen LogP contribution in [0, 0.1) is 13.8 Å². The molecule has 2 aromatic carbocycles. The van der Waals surface area contributed by atoms with Crippen LogP contribution in [0.15, 0.2) is 47.4 Å². The summed E-state index contributed by atoms with van der Waals surface area (Å²) in [6, 6.07) is 13.2. The smallest absolute Gasteiger partial charge is 0.265 e. The van der Waals surface area contributed by atoms with Gasteiger partial charge in [-0.15, -0.1) is 0 Å². The Bertz CT molecular complexity index is 889. The minimum Gasteiger partial charge on any atom is -0.281 e. The molecule has 2 N–H and O–H groups in total. The fourth-order valence-corrected chi connectivity index (χ4v) is 3.90. The van der Waals surface area contributed by atoms with Crippen molar-refractivity contribution in [3.05, 3.63) is 53.9 Å². The van der Waals surface area contributed by atoms with Gasteiger partial charge in [0.1, 0.15) is 4.90 Å². The second-order valence-corrected chi connectivity index (χ2v) is 6.51. The van der Waals surface area contributed by atoms with E-state index < -0.39 is 10.0 Å². The first-order valence-electron chi connectivity index (χ1n) is 6.51. The molecule has 0 fully saturated rings. The molecule has 1 aromatic heterocycles. The lowest BCUT2D eigenvalue weighted by atomic mass is 10.1. The Labute approximate surface area is 123 Å². The summed E-state index contributed by atoms with van der Waals surface area (Å²) in [5.74, 6) is 0. The number of aryl methyl sites for hydroxylation is 2. The first-order valence-corrected chi connectivity index (χ1v) is 7.99. The number of H-pyrrole nitrogens is 1. The van der Waals surface area contributed by atoms with Crippen molar-refractivity contribution in [1.29, 1.82) is 0 Å². The molecular weight excluding hydrogens is 286 g/mol. The van der Waals surface area contributed by atoms with Crippen LogP contribution in [-0.2, 0) is 10.0 Å². The van der Waals surface area contributed by atoms with E-state index in [-0.39, 0.29) is 4.90 Å². The van der Waals surface area contributed by atoms with Gasteiger partial charge in [0.05, 0.1) is 17.1 Å². The lowest BCUT2D eigenvalue weighted by Gasteiger charge is -2.10. The Hall–Kier alpha value is -2.34. The van der Waals surface area contributed by atoms with E-state index in [1.807, 2.05) is 36.4 Å². The maximum Gasteiger partial charge on any atom is 0.265 e. The fourth-order valence-electron chi connectivity index (χ4n) is 2.45. The summed E-state index contributed by atoms with van der Waals surface area (Å²) in [5.41, 5.74) is 1.55. The third-order valence-electron chi connectivity index (χ3n) is 3.36. The molecular formula is C15H15N3O2S. The van der Waals surface area contributed by atoms with Crippen LogP contribution >= 0.6 is 0 Å². The van der Waals surface area contributed by atoms with Gasteiger partial charge in [-0.25, -0.2) is 8.42 Å². The van der Waals surface area contributed by atoms with Gasteiger partial charge in [-0.05, 0) is 25.3 Å². The average molecular weight is 301 g/mol. The van der Waals surface area contributed by atoms with E-state index in [1.165, 1.54) is 0 Å². The minimum absolute atomic E-state index is 0.204. The van der Waals surface area contributed by atoms with Crippen LogP contribution in [0.25, 0.3) is 10.8 Å². The number of benzene rings is 2. The van der Waals surface area contributed by atoms with Crippen LogP contribution in [-0.4, -0.2) is 18.6 Å². The van der Waals surface area contributed by atoms with Crippen molar-refractivity contribution in [2.24, 2.45) is 0 Å². The molecule has 0 amide bonds. The Kier molecular flexibility index (Phi) is 3.17. The molecule has 3 aromatic rings. The number of fused-ring (bicyclic) bond motifs is 1. The zero-order valence-electron chi connectivity index (χ0n) is 11.7. The third-order valence-corrected chi connectivity index (χ3v) is 4.99. The molecule has 0 radical (unpaired) electrons. The second kappa shape index (κ2) is 4.89. The molecule has 5 nitrogen and oxygen atoms in total. The van der Waals surface area contributed by atoms with Crippen LogP contribution in [0.5, 0.6) is 0 Å². The van der Waals surface area contributed by atoms with E-state index >= 15 is 0 Å². The van der Waals surface area contributed by atoms with Crippen LogP contribution in [0.3, 0.4) is 0 Å². The number of anilines is 1. The summed E-state index contributed by atoms with van der Waals surface area (Å²) in [6.07, 6.45) is 0. The number of rotatable bonds is 3. The number of hydrogen-bond acceptors (Lipinski definition) is 3. The summed E-state index contributed by atoms with van der Waals surface area (Å²) >= 11 is 0. The van der Waals surface area contributed by atoms with Crippen molar-refractivity contribution >= 4 is 26.5 Å². The predicted molar refractivity (Wildman–Crippen MR) is 82.8 cm³/mol. The van der Waals surface area contributed by atoms with Gasteiger partial charge in [-0.3, -0.25) is 9.82 Å². The number of sulfonamides is 1. The zero-order chi connectivity index (χ0) is 15.0. The highest BCUT2D eigenvalue weighted by molar-refractivity contribution is 7.92. The summed E-state index contributed by atoms with van der Waals surface area (Å²) in [6.45, 7) is 3.36. The maximum atomic E-state index is 12.6. The number of nitrogens with one attached hydrogen (secondary N) is 2. The first kappa shape index (κ1) is 13.6. The van der Waals surface area contributed by atoms with Gasteiger partial charge >= 0.3 is 0 Å². The van der Waals surface area contributed by atoms with E-state index in [0.29, 0.717) is 17.1 Å². The molecule has 0 spiro atoms. The van der Waals surface area contributed by atoms with Gasteiger partial charge in [-0.2, -0.15) is 5.10 Å². The molecule has 0 saturated heterocycles. The summed E-state index contributed by atoms with van der Waals surface area (Å²) in [7, 11) is -3.67. The molecule has 108 valence electrons. The van der Waals surface area contributed by atoms with Crippen LogP contribution < -0.4 is 4.72 Å². The maximum absolute atomic E-state index is 12.6. The van der Waals surface area contributed by atoms with Crippen LogP contribution in [0.1, 0.15) is 11.4 Å². The van der Waals surface area contributed by atoms with Crippen molar-refractivity contribution in [3.8, 4) is 0 Å². The van der Waals surface area contributed by atoms with Gasteiger partial charge in [0.15, 0.2) is 0 Å². The summed E-state index contributed by atoms with van der Waals surface area (Å²) in [4.78, 5) is 0.204. The molecule has 0 atom stereocenters. The Morgan fingerprint density at radius 3 is 2.48 bits per heavy atom. The van der Waals surface area contributed by atoms with E-state index in [9.17, 15) is 8.42 Å². The largest absolute Gasteiger partial charge is 0.281 e.